The largest absolute Gasteiger partial charge is 0.475 e. The van der Waals surface area contributed by atoms with E-state index in [9.17, 15) is 0 Å². The molecular weight excluding hydrogens is 675 g/mol. The van der Waals surface area contributed by atoms with Crippen LogP contribution in [-0.2, 0) is 15.6 Å². The number of fused-ring (bicyclic) bond motifs is 5. The Labute approximate surface area is 327 Å². The third kappa shape index (κ3) is 5.97. The fourth-order valence-corrected chi connectivity index (χ4v) is 8.63. The summed E-state index contributed by atoms with van der Waals surface area (Å²) in [4.78, 5) is 10.2. The van der Waals surface area contributed by atoms with Gasteiger partial charge >= 0.3 is 0 Å². The molecule has 2 aliphatic heterocycles. The Balaban J connectivity index is 1.34. The molecule has 284 valence electrons. The van der Waals surface area contributed by atoms with Gasteiger partial charge in [0.25, 0.3) is 0 Å². The van der Waals surface area contributed by atoms with E-state index in [1.165, 1.54) is 49.7 Å². The van der Waals surface area contributed by atoms with E-state index >= 15 is 0 Å². The van der Waals surface area contributed by atoms with E-state index in [1.807, 2.05) is 6.20 Å². The molecule has 5 nitrogen and oxygen atoms in total. The topological polar surface area (TPSA) is 48.6 Å². The van der Waals surface area contributed by atoms with Crippen molar-refractivity contribution in [3.8, 4) is 28.3 Å². The maximum atomic E-state index is 7.10. The maximum absolute atomic E-state index is 7.10. The lowest BCUT2D eigenvalue weighted by molar-refractivity contribution is 0.224. The van der Waals surface area contributed by atoms with Crippen molar-refractivity contribution in [2.24, 2.45) is 10.9 Å². The molecule has 0 bridgehead atoms. The second kappa shape index (κ2) is 12.8. The summed E-state index contributed by atoms with van der Waals surface area (Å²) in [5, 5.41) is 2.42. The minimum atomic E-state index is -0.282. The number of aromatic nitrogens is 2. The molecule has 0 aliphatic carbocycles. The van der Waals surface area contributed by atoms with Crippen molar-refractivity contribution in [1.82, 2.24) is 9.55 Å². The number of benzene rings is 4. The van der Waals surface area contributed by atoms with Crippen LogP contribution in [0.4, 0.5) is 0 Å². The minimum Gasteiger partial charge on any atom is -0.475 e. The van der Waals surface area contributed by atoms with Gasteiger partial charge in [0.15, 0.2) is 0 Å². The quantitative estimate of drug-likeness (QED) is 0.164. The first-order valence-corrected chi connectivity index (χ1v) is 20.2. The molecule has 0 unspecified atom stereocenters. The number of nitrogens with zero attached hydrogens (tertiary/aromatic N) is 3. The van der Waals surface area contributed by atoms with Gasteiger partial charge in [0.1, 0.15) is 23.8 Å². The molecule has 0 saturated carbocycles. The van der Waals surface area contributed by atoms with Crippen LogP contribution in [0.15, 0.2) is 84.0 Å². The van der Waals surface area contributed by atoms with Crippen molar-refractivity contribution >= 4 is 27.8 Å². The summed E-state index contributed by atoms with van der Waals surface area (Å²) in [5.41, 5.74) is 13.8. The molecule has 6 aromatic rings. The van der Waals surface area contributed by atoms with Gasteiger partial charge in [-0.15, -0.1) is 0 Å². The molecule has 4 aromatic carbocycles. The molecule has 0 fully saturated rings. The van der Waals surface area contributed by atoms with Crippen molar-refractivity contribution in [1.29, 1.82) is 0 Å². The first-order chi connectivity index (χ1) is 25.9. The van der Waals surface area contributed by atoms with E-state index in [0.717, 1.165) is 39.5 Å². The van der Waals surface area contributed by atoms with Crippen molar-refractivity contribution in [3.63, 3.8) is 0 Å². The highest BCUT2D eigenvalue weighted by atomic mass is 16.5. The number of ether oxygens (including phenoxy) is 2. The molecule has 0 N–H and O–H groups in total. The van der Waals surface area contributed by atoms with Gasteiger partial charge in [-0.3, -0.25) is 4.57 Å². The van der Waals surface area contributed by atoms with E-state index in [0.29, 0.717) is 30.3 Å². The number of aryl methyl sites for hydroxylation is 1. The molecule has 2 aliphatic rings. The second-order valence-electron chi connectivity index (χ2n) is 18.8. The molecule has 2 aromatic heterocycles. The average molecular weight is 732 g/mol. The molecule has 8 rings (SSSR count). The SMILES string of the molecule is Cc1cc2c(cc1Oc1cc(C3=N[C@](C)(C(C)C)CO3)cc(-c3c(C(C)C)cccc3C(C)C)c1)-n1c3ncccc3c3cc(C(C)(C)C)cc(c31)C2(C)C. The van der Waals surface area contributed by atoms with Crippen LogP contribution in [0.2, 0.25) is 0 Å². The zero-order chi connectivity index (χ0) is 39.4. The molecule has 5 heteroatoms. The van der Waals surface area contributed by atoms with Gasteiger partial charge in [0.05, 0.1) is 16.7 Å². The van der Waals surface area contributed by atoms with Crippen molar-refractivity contribution < 1.29 is 9.47 Å². The Morgan fingerprint density at radius 3 is 2.11 bits per heavy atom. The van der Waals surface area contributed by atoms with Gasteiger partial charge in [-0.25, -0.2) is 9.98 Å². The summed E-state index contributed by atoms with van der Waals surface area (Å²) in [6.45, 7) is 30.1. The summed E-state index contributed by atoms with van der Waals surface area (Å²) in [5.74, 6) is 3.30. The smallest absolute Gasteiger partial charge is 0.216 e. The molecule has 0 saturated heterocycles. The molecule has 0 radical (unpaired) electrons. The molecular formula is C50H57N3O2. The zero-order valence-electron chi connectivity index (χ0n) is 35.1. The highest BCUT2D eigenvalue weighted by Gasteiger charge is 2.38. The van der Waals surface area contributed by atoms with Crippen LogP contribution in [0.1, 0.15) is 134 Å². The van der Waals surface area contributed by atoms with Gasteiger partial charge in [-0.1, -0.05) is 100 Å². The number of hydrogen-bond acceptors (Lipinski definition) is 4. The van der Waals surface area contributed by atoms with E-state index in [4.69, 9.17) is 19.5 Å². The average Bonchev–Trinajstić information content (AvgIpc) is 3.70. The van der Waals surface area contributed by atoms with Crippen LogP contribution < -0.4 is 4.74 Å². The Morgan fingerprint density at radius 1 is 0.782 bits per heavy atom. The summed E-state index contributed by atoms with van der Waals surface area (Å²) in [6, 6.07) is 27.0. The third-order valence-electron chi connectivity index (χ3n) is 12.5. The van der Waals surface area contributed by atoms with Gasteiger partial charge in [-0.2, -0.15) is 0 Å². The normalized spacial score (nSPS) is 17.7. The Morgan fingerprint density at radius 2 is 1.47 bits per heavy atom. The number of rotatable bonds is 7. The fourth-order valence-electron chi connectivity index (χ4n) is 8.63. The van der Waals surface area contributed by atoms with E-state index in [2.05, 4.69) is 167 Å². The monoisotopic (exact) mass is 731 g/mol. The molecule has 0 spiro atoms. The Kier molecular flexibility index (Phi) is 8.64. The van der Waals surface area contributed by atoms with Crippen LogP contribution in [0.5, 0.6) is 11.5 Å². The Bertz CT molecular complexity index is 2520. The fraction of sp³-hybridized carbons (Fsp3) is 0.400. The highest BCUT2D eigenvalue weighted by molar-refractivity contribution is 6.10. The number of pyridine rings is 1. The van der Waals surface area contributed by atoms with Crippen LogP contribution in [0, 0.1) is 12.8 Å². The van der Waals surface area contributed by atoms with Crippen molar-refractivity contribution in [2.45, 2.75) is 118 Å². The van der Waals surface area contributed by atoms with Crippen molar-refractivity contribution in [2.75, 3.05) is 6.61 Å². The summed E-state index contributed by atoms with van der Waals surface area (Å²) >= 11 is 0. The predicted molar refractivity (Wildman–Crippen MR) is 230 cm³/mol. The molecule has 1 atom stereocenters. The highest BCUT2D eigenvalue weighted by Crippen LogP contribution is 2.50. The minimum absolute atomic E-state index is 0.00676. The zero-order valence-corrected chi connectivity index (χ0v) is 35.1. The number of aliphatic imine (C=N–C) groups is 1. The lowest BCUT2D eigenvalue weighted by atomic mass is 9.72. The van der Waals surface area contributed by atoms with E-state index in [1.54, 1.807) is 0 Å². The van der Waals surface area contributed by atoms with Crippen LogP contribution in [-0.4, -0.2) is 27.6 Å². The van der Waals surface area contributed by atoms with Crippen LogP contribution in [0.3, 0.4) is 0 Å². The molecule has 0 amide bonds. The lowest BCUT2D eigenvalue weighted by Crippen LogP contribution is -2.30. The molecule has 55 heavy (non-hydrogen) atoms. The van der Waals surface area contributed by atoms with E-state index < -0.39 is 0 Å². The predicted octanol–water partition coefficient (Wildman–Crippen LogP) is 13.3. The van der Waals surface area contributed by atoms with Gasteiger partial charge in [0.2, 0.25) is 5.90 Å². The summed E-state index contributed by atoms with van der Waals surface area (Å²) in [6.07, 6.45) is 1.91. The first-order valence-electron chi connectivity index (χ1n) is 20.2. The lowest BCUT2D eigenvalue weighted by Gasteiger charge is -2.36. The molecule has 4 heterocycles. The van der Waals surface area contributed by atoms with Crippen molar-refractivity contribution in [3.05, 3.63) is 118 Å². The second-order valence-corrected chi connectivity index (χ2v) is 18.8. The standard InChI is InChI=1S/C50H57N3O2/c1-28(2)36-16-14-17-37(29(3)4)44(36)32-21-33(47-52-50(13,27-54-47)30(5)6)23-35(22-32)55-43-26-42-40(20-31(43)7)49(11,12)41-25-34(48(8,9)10)24-39-38-18-15-19-51-46(38)53(42)45(39)41/h14-26,28-30H,27H2,1-13H3/t50-/m0/s1. The van der Waals surface area contributed by atoms with Crippen LogP contribution >= 0.6 is 0 Å². The first kappa shape index (κ1) is 37.0. The van der Waals surface area contributed by atoms with Gasteiger partial charge < -0.3 is 9.47 Å². The third-order valence-corrected chi connectivity index (χ3v) is 12.5. The summed E-state index contributed by atoms with van der Waals surface area (Å²) in [7, 11) is 0. The number of hydrogen-bond donors (Lipinski definition) is 0. The summed E-state index contributed by atoms with van der Waals surface area (Å²) < 4.78 is 15.9. The van der Waals surface area contributed by atoms with Gasteiger partial charge in [0, 0.05) is 34.0 Å². The maximum Gasteiger partial charge on any atom is 0.216 e. The van der Waals surface area contributed by atoms with Crippen LogP contribution in [0.25, 0.3) is 38.8 Å². The van der Waals surface area contributed by atoms with Gasteiger partial charge in [-0.05, 0) is 124 Å². The Hall–Kier alpha value is -4.90. The van der Waals surface area contributed by atoms with E-state index in [-0.39, 0.29) is 16.4 Å².